The van der Waals surface area contributed by atoms with Crippen LogP contribution in [-0.4, -0.2) is 31.2 Å². The van der Waals surface area contributed by atoms with Gasteiger partial charge in [-0.05, 0) is 59.3 Å². The summed E-state index contributed by atoms with van der Waals surface area (Å²) in [6, 6.07) is 14.2. The first kappa shape index (κ1) is 20.4. The van der Waals surface area contributed by atoms with Crippen molar-refractivity contribution in [2.24, 2.45) is 5.10 Å². The molecule has 0 heterocycles. The lowest BCUT2D eigenvalue weighted by Crippen LogP contribution is -2.26. The smallest absolute Gasteiger partial charge is 0.277 e. The van der Waals surface area contributed by atoms with E-state index in [2.05, 4.69) is 31.8 Å². The second-order valence-electron chi connectivity index (χ2n) is 5.55. The lowest BCUT2D eigenvalue weighted by Gasteiger charge is -2.08. The fraction of sp³-hybridized carbons (Fsp3) is 0.211. The molecule has 0 aliphatic rings. The number of benzene rings is 2. The summed E-state index contributed by atoms with van der Waals surface area (Å²) in [5.41, 5.74) is 3.51. The molecule has 0 fully saturated rings. The first-order valence-electron chi connectivity index (χ1n) is 8.11. The second-order valence-corrected chi connectivity index (χ2v) is 6.41. The van der Waals surface area contributed by atoms with E-state index < -0.39 is 5.91 Å². The normalized spacial score (nSPS) is 10.9. The Morgan fingerprint density at radius 2 is 1.70 bits per heavy atom. The maximum absolute atomic E-state index is 12.0. The number of ether oxygens (including phenoxy) is 2. The van der Waals surface area contributed by atoms with Crippen LogP contribution < -0.4 is 20.2 Å². The van der Waals surface area contributed by atoms with Crippen molar-refractivity contribution in [2.75, 3.05) is 19.0 Å². The Morgan fingerprint density at radius 1 is 1.04 bits per heavy atom. The van der Waals surface area contributed by atoms with Gasteiger partial charge in [0, 0.05) is 10.2 Å². The number of nitrogens with one attached hydrogen (secondary N) is 2. The first-order valence-corrected chi connectivity index (χ1v) is 8.90. The van der Waals surface area contributed by atoms with Gasteiger partial charge in [-0.2, -0.15) is 5.10 Å². The molecule has 2 aromatic carbocycles. The fourth-order valence-corrected chi connectivity index (χ4v) is 2.42. The van der Waals surface area contributed by atoms with E-state index >= 15 is 0 Å². The maximum atomic E-state index is 12.0. The quantitative estimate of drug-likeness (QED) is 0.493. The van der Waals surface area contributed by atoms with Crippen molar-refractivity contribution in [1.29, 1.82) is 0 Å². The number of anilines is 1. The summed E-state index contributed by atoms with van der Waals surface area (Å²) >= 11 is 3.36. The van der Waals surface area contributed by atoms with Crippen LogP contribution in [0.4, 0.5) is 5.69 Å². The van der Waals surface area contributed by atoms with E-state index in [4.69, 9.17) is 9.47 Å². The van der Waals surface area contributed by atoms with E-state index in [0.29, 0.717) is 22.9 Å². The van der Waals surface area contributed by atoms with Crippen LogP contribution in [0.5, 0.6) is 11.5 Å². The van der Waals surface area contributed by atoms with Crippen molar-refractivity contribution >= 4 is 39.1 Å². The Kier molecular flexibility index (Phi) is 7.81. The van der Waals surface area contributed by atoms with Crippen LogP contribution in [-0.2, 0) is 9.59 Å². The van der Waals surface area contributed by atoms with Crippen LogP contribution >= 0.6 is 15.9 Å². The molecule has 0 saturated heterocycles. The molecule has 2 rings (SSSR count). The molecular formula is C19H20BrN3O4. The average Bonchev–Trinajstić information content (AvgIpc) is 2.67. The van der Waals surface area contributed by atoms with Gasteiger partial charge in [0.15, 0.2) is 6.61 Å². The molecule has 142 valence electrons. The third-order valence-electron chi connectivity index (χ3n) is 3.37. The minimum Gasteiger partial charge on any atom is -0.497 e. The Bertz CT molecular complexity index is 822. The van der Waals surface area contributed by atoms with E-state index in [9.17, 15) is 9.59 Å². The fourth-order valence-electron chi connectivity index (χ4n) is 2.04. The Morgan fingerprint density at radius 3 is 2.37 bits per heavy atom. The molecule has 0 unspecified atom stereocenters. The molecule has 0 aromatic heterocycles. The highest BCUT2D eigenvalue weighted by Gasteiger charge is 2.08. The Labute approximate surface area is 165 Å². The summed E-state index contributed by atoms with van der Waals surface area (Å²) < 4.78 is 11.2. The predicted octanol–water partition coefficient (Wildman–Crippen LogP) is 3.36. The van der Waals surface area contributed by atoms with E-state index in [-0.39, 0.29) is 18.9 Å². The zero-order valence-electron chi connectivity index (χ0n) is 15.0. The molecule has 27 heavy (non-hydrogen) atoms. The topological polar surface area (TPSA) is 89.0 Å². The lowest BCUT2D eigenvalue weighted by molar-refractivity contribution is -0.123. The standard InChI is InChI=1S/C19H20BrN3O4/c1-13(11-18(24)21-17-6-4-3-5-16(17)20)22-23-19(25)12-27-15-9-7-14(26-2)8-10-15/h3-10H,11-12H2,1-2H3,(H,21,24)(H,23,25)/b22-13+. The highest BCUT2D eigenvalue weighted by Crippen LogP contribution is 2.21. The van der Waals surface area contributed by atoms with Crippen molar-refractivity contribution in [3.05, 3.63) is 53.0 Å². The zero-order chi connectivity index (χ0) is 19.6. The molecule has 0 atom stereocenters. The molecule has 0 aliphatic heterocycles. The van der Waals surface area contributed by atoms with Gasteiger partial charge in [-0.15, -0.1) is 0 Å². The second kappa shape index (κ2) is 10.3. The molecule has 0 radical (unpaired) electrons. The van der Waals surface area contributed by atoms with Crippen LogP contribution in [0.2, 0.25) is 0 Å². The van der Waals surface area contributed by atoms with E-state index in [0.717, 1.165) is 4.47 Å². The summed E-state index contributed by atoms with van der Waals surface area (Å²) in [6.07, 6.45) is 0.0565. The molecule has 0 bridgehead atoms. The number of hydrazone groups is 1. The SMILES string of the molecule is COc1ccc(OCC(=O)N/N=C(\C)CC(=O)Nc2ccccc2Br)cc1. The van der Waals surface area contributed by atoms with Crippen LogP contribution in [0.25, 0.3) is 0 Å². The third-order valence-corrected chi connectivity index (χ3v) is 4.06. The van der Waals surface area contributed by atoms with E-state index in [1.54, 1.807) is 44.4 Å². The highest BCUT2D eigenvalue weighted by molar-refractivity contribution is 9.10. The van der Waals surface area contributed by atoms with Crippen molar-refractivity contribution in [1.82, 2.24) is 5.43 Å². The lowest BCUT2D eigenvalue weighted by atomic mass is 10.2. The highest BCUT2D eigenvalue weighted by atomic mass is 79.9. The molecule has 0 aliphatic carbocycles. The number of methoxy groups -OCH3 is 1. The van der Waals surface area contributed by atoms with Gasteiger partial charge in [0.25, 0.3) is 5.91 Å². The summed E-state index contributed by atoms with van der Waals surface area (Å²) in [4.78, 5) is 23.8. The van der Waals surface area contributed by atoms with Crippen molar-refractivity contribution in [2.45, 2.75) is 13.3 Å². The first-order chi connectivity index (χ1) is 13.0. The molecule has 2 N–H and O–H groups in total. The van der Waals surface area contributed by atoms with Crippen LogP contribution in [0.1, 0.15) is 13.3 Å². The molecule has 7 nitrogen and oxygen atoms in total. The molecule has 2 amide bonds. The number of para-hydroxylation sites is 1. The molecule has 2 aromatic rings. The van der Waals surface area contributed by atoms with Crippen LogP contribution in [0.15, 0.2) is 58.1 Å². The minimum atomic E-state index is -0.420. The van der Waals surface area contributed by atoms with Gasteiger partial charge in [-0.1, -0.05) is 12.1 Å². The third kappa shape index (κ3) is 7.10. The average molecular weight is 434 g/mol. The van der Waals surface area contributed by atoms with Gasteiger partial charge in [0.2, 0.25) is 5.91 Å². The van der Waals surface area contributed by atoms with Crippen molar-refractivity contribution < 1.29 is 19.1 Å². The van der Waals surface area contributed by atoms with Crippen molar-refractivity contribution in [3.63, 3.8) is 0 Å². The number of carbonyl (C=O) groups excluding carboxylic acids is 2. The summed E-state index contributed by atoms with van der Waals surface area (Å²) in [6.45, 7) is 1.47. The van der Waals surface area contributed by atoms with Gasteiger partial charge in [-0.25, -0.2) is 5.43 Å². The number of rotatable bonds is 8. The number of hydrogen-bond acceptors (Lipinski definition) is 5. The molecule has 0 saturated carbocycles. The monoisotopic (exact) mass is 433 g/mol. The van der Waals surface area contributed by atoms with E-state index in [1.165, 1.54) is 0 Å². The summed E-state index contributed by atoms with van der Waals surface area (Å²) in [5.74, 6) is 0.593. The summed E-state index contributed by atoms with van der Waals surface area (Å²) in [7, 11) is 1.57. The number of nitrogens with zero attached hydrogens (tertiary/aromatic N) is 1. The summed E-state index contributed by atoms with van der Waals surface area (Å²) in [5, 5.41) is 6.68. The molecule has 0 spiro atoms. The van der Waals surface area contributed by atoms with Gasteiger partial charge < -0.3 is 14.8 Å². The van der Waals surface area contributed by atoms with Crippen LogP contribution in [0.3, 0.4) is 0 Å². The van der Waals surface area contributed by atoms with Crippen molar-refractivity contribution in [3.8, 4) is 11.5 Å². The minimum absolute atomic E-state index is 0.0565. The van der Waals surface area contributed by atoms with E-state index in [1.807, 2.05) is 18.2 Å². The number of carbonyl (C=O) groups is 2. The largest absolute Gasteiger partial charge is 0.497 e. The number of halogens is 1. The number of hydrogen-bond donors (Lipinski definition) is 2. The van der Waals surface area contributed by atoms with Gasteiger partial charge in [0.05, 0.1) is 19.2 Å². The maximum Gasteiger partial charge on any atom is 0.277 e. The molecular weight excluding hydrogens is 414 g/mol. The Hall–Kier alpha value is -2.87. The zero-order valence-corrected chi connectivity index (χ0v) is 16.6. The van der Waals surface area contributed by atoms with Gasteiger partial charge >= 0.3 is 0 Å². The van der Waals surface area contributed by atoms with Crippen LogP contribution in [0, 0.1) is 0 Å². The predicted molar refractivity (Wildman–Crippen MR) is 107 cm³/mol. The molecule has 8 heteroatoms. The van der Waals surface area contributed by atoms with Gasteiger partial charge in [0.1, 0.15) is 11.5 Å². The Balaban J connectivity index is 1.75. The van der Waals surface area contributed by atoms with Gasteiger partial charge in [-0.3, -0.25) is 9.59 Å². The number of amides is 2.